The Hall–Kier alpha value is -1.55. The molecule has 4 heteroatoms. The van der Waals surface area contributed by atoms with Crippen molar-refractivity contribution < 1.29 is 9.53 Å². The SMILES string of the molecule is CCOc1ccccc1C(=O)NCC(N)CC(C)C. The molecule has 1 amide bonds. The molecule has 0 aromatic heterocycles. The number of nitrogens with one attached hydrogen (secondary N) is 1. The van der Waals surface area contributed by atoms with Gasteiger partial charge in [0.1, 0.15) is 5.75 Å². The van der Waals surface area contributed by atoms with Gasteiger partial charge >= 0.3 is 0 Å². The number of hydrogen-bond donors (Lipinski definition) is 2. The van der Waals surface area contributed by atoms with Crippen molar-refractivity contribution in [2.75, 3.05) is 13.2 Å². The molecule has 0 aliphatic rings. The molecule has 19 heavy (non-hydrogen) atoms. The van der Waals surface area contributed by atoms with E-state index in [4.69, 9.17) is 10.5 Å². The fraction of sp³-hybridized carbons (Fsp3) is 0.533. The van der Waals surface area contributed by atoms with Crippen molar-refractivity contribution in [1.82, 2.24) is 5.32 Å². The first-order chi connectivity index (χ1) is 9.04. The highest BCUT2D eigenvalue weighted by molar-refractivity contribution is 5.96. The van der Waals surface area contributed by atoms with Gasteiger partial charge in [0.15, 0.2) is 0 Å². The largest absolute Gasteiger partial charge is 0.493 e. The van der Waals surface area contributed by atoms with Crippen LogP contribution in [0.3, 0.4) is 0 Å². The molecule has 3 N–H and O–H groups in total. The minimum absolute atomic E-state index is 0.0109. The van der Waals surface area contributed by atoms with Crippen molar-refractivity contribution >= 4 is 5.91 Å². The van der Waals surface area contributed by atoms with Crippen molar-refractivity contribution in [3.8, 4) is 5.75 Å². The summed E-state index contributed by atoms with van der Waals surface area (Å²) in [6, 6.07) is 7.22. The zero-order valence-corrected chi connectivity index (χ0v) is 12.0. The van der Waals surface area contributed by atoms with Crippen LogP contribution in [0.1, 0.15) is 37.6 Å². The first kappa shape index (κ1) is 15.5. The monoisotopic (exact) mass is 264 g/mol. The summed E-state index contributed by atoms with van der Waals surface area (Å²) < 4.78 is 5.44. The molecule has 0 aliphatic carbocycles. The van der Waals surface area contributed by atoms with E-state index in [1.807, 2.05) is 19.1 Å². The number of rotatable bonds is 7. The molecule has 0 bridgehead atoms. The molecule has 1 atom stereocenters. The van der Waals surface area contributed by atoms with E-state index in [-0.39, 0.29) is 11.9 Å². The third-order valence-corrected chi connectivity index (χ3v) is 2.73. The van der Waals surface area contributed by atoms with Crippen molar-refractivity contribution in [3.63, 3.8) is 0 Å². The van der Waals surface area contributed by atoms with Gasteiger partial charge in [0, 0.05) is 12.6 Å². The first-order valence-electron chi connectivity index (χ1n) is 6.80. The third-order valence-electron chi connectivity index (χ3n) is 2.73. The van der Waals surface area contributed by atoms with E-state index in [1.54, 1.807) is 12.1 Å². The Labute approximate surface area is 115 Å². The smallest absolute Gasteiger partial charge is 0.255 e. The van der Waals surface area contributed by atoms with Gasteiger partial charge in [-0.05, 0) is 31.4 Å². The van der Waals surface area contributed by atoms with Gasteiger partial charge in [0.25, 0.3) is 5.91 Å². The second kappa shape index (κ2) is 7.79. The van der Waals surface area contributed by atoms with E-state index in [2.05, 4.69) is 19.2 Å². The maximum atomic E-state index is 12.1. The average molecular weight is 264 g/mol. The molecule has 0 saturated heterocycles. The number of amides is 1. The van der Waals surface area contributed by atoms with E-state index in [1.165, 1.54) is 0 Å². The topological polar surface area (TPSA) is 64.3 Å². The fourth-order valence-corrected chi connectivity index (χ4v) is 1.94. The zero-order valence-electron chi connectivity index (χ0n) is 12.0. The van der Waals surface area contributed by atoms with Crippen LogP contribution in [0.5, 0.6) is 5.75 Å². The second-order valence-electron chi connectivity index (χ2n) is 5.03. The van der Waals surface area contributed by atoms with Crippen LogP contribution in [-0.4, -0.2) is 25.1 Å². The molecule has 0 heterocycles. The maximum absolute atomic E-state index is 12.1. The highest BCUT2D eigenvalue weighted by atomic mass is 16.5. The molecular formula is C15H24N2O2. The summed E-state index contributed by atoms with van der Waals surface area (Å²) in [7, 11) is 0. The molecule has 0 aliphatic heterocycles. The highest BCUT2D eigenvalue weighted by Crippen LogP contribution is 2.17. The predicted molar refractivity (Wildman–Crippen MR) is 77.4 cm³/mol. The summed E-state index contributed by atoms with van der Waals surface area (Å²) in [6.07, 6.45) is 0.896. The normalized spacial score (nSPS) is 12.3. The number of benzene rings is 1. The summed E-state index contributed by atoms with van der Waals surface area (Å²) >= 11 is 0. The van der Waals surface area contributed by atoms with Gasteiger partial charge in [-0.15, -0.1) is 0 Å². The van der Waals surface area contributed by atoms with Gasteiger partial charge in [0.2, 0.25) is 0 Å². The van der Waals surface area contributed by atoms with Gasteiger partial charge in [-0.1, -0.05) is 26.0 Å². The summed E-state index contributed by atoms with van der Waals surface area (Å²) in [4.78, 5) is 12.1. The van der Waals surface area contributed by atoms with Crippen molar-refractivity contribution in [2.24, 2.45) is 11.7 Å². The quantitative estimate of drug-likeness (QED) is 0.793. The molecule has 1 aromatic carbocycles. The fourth-order valence-electron chi connectivity index (χ4n) is 1.94. The van der Waals surface area contributed by atoms with Crippen LogP contribution in [-0.2, 0) is 0 Å². The lowest BCUT2D eigenvalue weighted by atomic mass is 10.0. The second-order valence-corrected chi connectivity index (χ2v) is 5.03. The van der Waals surface area contributed by atoms with Crippen molar-refractivity contribution in [2.45, 2.75) is 33.2 Å². The van der Waals surface area contributed by atoms with Crippen LogP contribution in [0.4, 0.5) is 0 Å². The lowest BCUT2D eigenvalue weighted by Crippen LogP contribution is -2.38. The van der Waals surface area contributed by atoms with Crippen LogP contribution in [0.25, 0.3) is 0 Å². The number of carbonyl (C=O) groups excluding carboxylic acids is 1. The Morgan fingerprint density at radius 3 is 2.68 bits per heavy atom. The Morgan fingerprint density at radius 2 is 2.05 bits per heavy atom. The molecule has 1 aromatic rings. The standard InChI is InChI=1S/C15H24N2O2/c1-4-19-14-8-6-5-7-13(14)15(18)17-10-12(16)9-11(2)3/h5-8,11-12H,4,9-10,16H2,1-3H3,(H,17,18). The number of carbonyl (C=O) groups is 1. The van der Waals surface area contributed by atoms with E-state index in [9.17, 15) is 4.79 Å². The minimum atomic E-state index is -0.136. The zero-order chi connectivity index (χ0) is 14.3. The first-order valence-corrected chi connectivity index (χ1v) is 6.80. The number of ether oxygens (including phenoxy) is 1. The molecule has 0 fully saturated rings. The van der Waals surface area contributed by atoms with Crippen LogP contribution in [0, 0.1) is 5.92 Å². The van der Waals surface area contributed by atoms with Crippen LogP contribution >= 0.6 is 0 Å². The van der Waals surface area contributed by atoms with Crippen LogP contribution in [0.2, 0.25) is 0 Å². The molecule has 4 nitrogen and oxygen atoms in total. The molecule has 106 valence electrons. The molecule has 1 unspecified atom stereocenters. The Bertz CT molecular complexity index is 405. The molecule has 0 saturated carbocycles. The minimum Gasteiger partial charge on any atom is -0.493 e. The molecular weight excluding hydrogens is 240 g/mol. The van der Waals surface area contributed by atoms with Crippen LogP contribution in [0.15, 0.2) is 24.3 Å². The van der Waals surface area contributed by atoms with E-state index in [0.717, 1.165) is 6.42 Å². The van der Waals surface area contributed by atoms with Crippen molar-refractivity contribution in [3.05, 3.63) is 29.8 Å². The number of para-hydroxylation sites is 1. The molecule has 0 spiro atoms. The summed E-state index contributed by atoms with van der Waals surface area (Å²) in [5.74, 6) is 1.01. The van der Waals surface area contributed by atoms with Gasteiger partial charge < -0.3 is 15.8 Å². The summed E-state index contributed by atoms with van der Waals surface area (Å²) in [5.41, 5.74) is 6.51. The number of hydrogen-bond acceptors (Lipinski definition) is 3. The van der Waals surface area contributed by atoms with E-state index >= 15 is 0 Å². The average Bonchev–Trinajstić information content (AvgIpc) is 2.36. The van der Waals surface area contributed by atoms with E-state index in [0.29, 0.717) is 30.4 Å². The van der Waals surface area contributed by atoms with E-state index < -0.39 is 0 Å². The number of nitrogens with two attached hydrogens (primary N) is 1. The van der Waals surface area contributed by atoms with Gasteiger partial charge in [0.05, 0.1) is 12.2 Å². The lowest BCUT2D eigenvalue weighted by Gasteiger charge is -2.15. The van der Waals surface area contributed by atoms with Gasteiger partial charge in [-0.2, -0.15) is 0 Å². The maximum Gasteiger partial charge on any atom is 0.255 e. The Kier molecular flexibility index (Phi) is 6.36. The predicted octanol–water partition coefficient (Wildman–Crippen LogP) is 2.19. The lowest BCUT2D eigenvalue weighted by molar-refractivity contribution is 0.0946. The molecule has 1 rings (SSSR count). The highest BCUT2D eigenvalue weighted by Gasteiger charge is 2.13. The Balaban J connectivity index is 2.58. The van der Waals surface area contributed by atoms with Gasteiger partial charge in [-0.3, -0.25) is 4.79 Å². The van der Waals surface area contributed by atoms with Crippen molar-refractivity contribution in [1.29, 1.82) is 0 Å². The summed E-state index contributed by atoms with van der Waals surface area (Å²) in [6.45, 7) is 7.15. The Morgan fingerprint density at radius 1 is 1.37 bits per heavy atom. The van der Waals surface area contributed by atoms with Gasteiger partial charge in [-0.25, -0.2) is 0 Å². The van der Waals surface area contributed by atoms with Crippen LogP contribution < -0.4 is 15.8 Å². The molecule has 0 radical (unpaired) electrons. The third kappa shape index (κ3) is 5.30. The summed E-state index contributed by atoms with van der Waals surface area (Å²) in [5, 5.41) is 2.86.